The van der Waals surface area contributed by atoms with Crippen molar-refractivity contribution in [1.29, 1.82) is 0 Å². The van der Waals surface area contributed by atoms with Gasteiger partial charge in [0.15, 0.2) is 0 Å². The van der Waals surface area contributed by atoms with Gasteiger partial charge in [0, 0.05) is 5.56 Å². The van der Waals surface area contributed by atoms with Gasteiger partial charge in [0.2, 0.25) is 0 Å². The normalized spacial score (nSPS) is 11.3. The van der Waals surface area contributed by atoms with Crippen LogP contribution in [0.15, 0.2) is 72.8 Å². The minimum atomic E-state index is -1.04. The van der Waals surface area contributed by atoms with Crippen molar-refractivity contribution in [1.82, 2.24) is 0 Å². The van der Waals surface area contributed by atoms with Gasteiger partial charge in [-0.05, 0) is 34.5 Å². The fourth-order valence-electron chi connectivity index (χ4n) is 2.67. The van der Waals surface area contributed by atoms with Crippen LogP contribution in [0.25, 0.3) is 16.5 Å². The molecule has 25 heavy (non-hydrogen) atoms. The number of aliphatic carboxylic acids is 1. The molecule has 0 bridgehead atoms. The minimum Gasteiger partial charge on any atom is -0.496 e. The van der Waals surface area contributed by atoms with Crippen LogP contribution < -0.4 is 4.74 Å². The van der Waals surface area contributed by atoms with Crippen molar-refractivity contribution < 1.29 is 19.4 Å². The Labute approximate surface area is 145 Å². The molecule has 0 atom stereocenters. The molecule has 3 rings (SSSR count). The van der Waals surface area contributed by atoms with Gasteiger partial charge in [0.05, 0.1) is 13.2 Å². The van der Waals surface area contributed by atoms with Crippen LogP contribution in [0.1, 0.15) is 11.1 Å². The molecular weight excluding hydrogens is 316 g/mol. The van der Waals surface area contributed by atoms with Gasteiger partial charge in [-0.1, -0.05) is 48.5 Å². The molecule has 4 heteroatoms. The maximum atomic E-state index is 11.0. The largest absolute Gasteiger partial charge is 0.496 e. The third-order valence-electron chi connectivity index (χ3n) is 3.84. The number of para-hydroxylation sites is 1. The first kappa shape index (κ1) is 16.6. The highest BCUT2D eigenvalue weighted by molar-refractivity contribution is 5.97. The lowest BCUT2D eigenvalue weighted by atomic mass is 10.0. The van der Waals surface area contributed by atoms with Gasteiger partial charge in [-0.2, -0.15) is 0 Å². The summed E-state index contributed by atoms with van der Waals surface area (Å²) in [6.45, 7) is 0.430. The molecule has 4 nitrogen and oxygen atoms in total. The number of rotatable bonds is 6. The summed E-state index contributed by atoms with van der Waals surface area (Å²) in [6.07, 6.45) is 1.07. The Bertz CT molecular complexity index is 914. The van der Waals surface area contributed by atoms with E-state index in [9.17, 15) is 4.79 Å². The van der Waals surface area contributed by atoms with Crippen LogP contribution >= 0.6 is 0 Å². The Balaban J connectivity index is 1.95. The average Bonchev–Trinajstić information content (AvgIpc) is 2.64. The fourth-order valence-corrected chi connectivity index (χ4v) is 2.67. The van der Waals surface area contributed by atoms with E-state index in [0.29, 0.717) is 12.4 Å². The smallest absolute Gasteiger partial charge is 0.332 e. The van der Waals surface area contributed by atoms with Crippen molar-refractivity contribution in [2.45, 2.75) is 6.61 Å². The number of benzene rings is 3. The molecule has 0 heterocycles. The molecule has 0 saturated heterocycles. The van der Waals surface area contributed by atoms with Gasteiger partial charge >= 0.3 is 5.97 Å². The SMILES string of the molecule is CO/C(=C\C(=O)O)c1cccc2ccc(COc3ccccc3)cc12. The fraction of sp³-hybridized carbons (Fsp3) is 0.0952. The van der Waals surface area contributed by atoms with E-state index in [1.807, 2.05) is 66.7 Å². The first-order valence-electron chi connectivity index (χ1n) is 7.86. The van der Waals surface area contributed by atoms with Gasteiger partial charge in [-0.25, -0.2) is 4.79 Å². The van der Waals surface area contributed by atoms with E-state index in [1.165, 1.54) is 7.11 Å². The summed E-state index contributed by atoms with van der Waals surface area (Å²) in [7, 11) is 1.47. The van der Waals surface area contributed by atoms with E-state index in [1.54, 1.807) is 0 Å². The molecule has 0 spiro atoms. The third-order valence-corrected chi connectivity index (χ3v) is 3.84. The maximum Gasteiger partial charge on any atom is 0.332 e. The summed E-state index contributed by atoms with van der Waals surface area (Å²) in [4.78, 5) is 11.0. The van der Waals surface area contributed by atoms with E-state index in [4.69, 9.17) is 14.6 Å². The lowest BCUT2D eigenvalue weighted by molar-refractivity contribution is -0.131. The molecule has 0 aliphatic carbocycles. The summed E-state index contributed by atoms with van der Waals surface area (Å²) in [5, 5.41) is 11.0. The molecule has 0 saturated carbocycles. The highest BCUT2D eigenvalue weighted by atomic mass is 16.5. The van der Waals surface area contributed by atoms with Crippen LogP contribution in [0.3, 0.4) is 0 Å². The summed E-state index contributed by atoms with van der Waals surface area (Å²) >= 11 is 0. The Morgan fingerprint density at radius 2 is 1.84 bits per heavy atom. The molecule has 0 aliphatic rings. The van der Waals surface area contributed by atoms with Crippen molar-refractivity contribution in [2.75, 3.05) is 7.11 Å². The molecule has 1 N–H and O–H groups in total. The summed E-state index contributed by atoms with van der Waals surface area (Å²) < 4.78 is 11.1. The first-order chi connectivity index (χ1) is 12.2. The van der Waals surface area contributed by atoms with Crippen LogP contribution in [0.2, 0.25) is 0 Å². The molecule has 0 aromatic heterocycles. The van der Waals surface area contributed by atoms with Crippen molar-refractivity contribution in [3.05, 3.63) is 83.9 Å². The van der Waals surface area contributed by atoms with Gasteiger partial charge in [-0.3, -0.25) is 0 Å². The van der Waals surface area contributed by atoms with Gasteiger partial charge in [0.25, 0.3) is 0 Å². The molecule has 3 aromatic carbocycles. The first-order valence-corrected chi connectivity index (χ1v) is 7.86. The van der Waals surface area contributed by atoms with Crippen molar-refractivity contribution in [2.24, 2.45) is 0 Å². The number of carboxylic acid groups (broad SMARTS) is 1. The monoisotopic (exact) mass is 334 g/mol. The van der Waals surface area contributed by atoms with Crippen LogP contribution in [-0.2, 0) is 16.1 Å². The van der Waals surface area contributed by atoms with E-state index < -0.39 is 5.97 Å². The molecular formula is C21H18O4. The Hall–Kier alpha value is -3.27. The Morgan fingerprint density at radius 1 is 1.04 bits per heavy atom. The van der Waals surface area contributed by atoms with Gasteiger partial charge < -0.3 is 14.6 Å². The Kier molecular flexibility index (Phi) is 5.00. The highest BCUT2D eigenvalue weighted by Crippen LogP contribution is 2.27. The number of ether oxygens (including phenoxy) is 2. The number of fused-ring (bicyclic) bond motifs is 1. The number of hydrogen-bond acceptors (Lipinski definition) is 3. The summed E-state index contributed by atoms with van der Waals surface area (Å²) in [5.41, 5.74) is 1.73. The number of carbonyl (C=O) groups is 1. The van der Waals surface area contributed by atoms with E-state index in [-0.39, 0.29) is 0 Å². The molecule has 126 valence electrons. The number of hydrogen-bond donors (Lipinski definition) is 1. The van der Waals surface area contributed by atoms with E-state index >= 15 is 0 Å². The maximum absolute atomic E-state index is 11.0. The van der Waals surface area contributed by atoms with Crippen LogP contribution in [-0.4, -0.2) is 18.2 Å². The summed E-state index contributed by atoms with van der Waals surface area (Å²) in [6, 6.07) is 21.3. The van der Waals surface area contributed by atoms with Crippen LogP contribution in [0, 0.1) is 0 Å². The van der Waals surface area contributed by atoms with Crippen LogP contribution in [0.4, 0.5) is 0 Å². The molecule has 0 amide bonds. The zero-order chi connectivity index (χ0) is 17.6. The second kappa shape index (κ2) is 7.53. The highest BCUT2D eigenvalue weighted by Gasteiger charge is 2.09. The molecule has 3 aromatic rings. The van der Waals surface area contributed by atoms with Gasteiger partial charge in [0.1, 0.15) is 18.1 Å². The van der Waals surface area contributed by atoms with Crippen molar-refractivity contribution >= 4 is 22.5 Å². The predicted octanol–water partition coefficient (Wildman–Crippen LogP) is 4.49. The third kappa shape index (κ3) is 3.98. The second-order valence-corrected chi connectivity index (χ2v) is 5.51. The van der Waals surface area contributed by atoms with Crippen molar-refractivity contribution in [3.63, 3.8) is 0 Å². The van der Waals surface area contributed by atoms with E-state index in [2.05, 4.69) is 0 Å². The zero-order valence-electron chi connectivity index (χ0n) is 13.8. The molecule has 0 unspecified atom stereocenters. The second-order valence-electron chi connectivity index (χ2n) is 5.51. The number of carboxylic acids is 1. The number of methoxy groups -OCH3 is 1. The molecule has 0 fully saturated rings. The molecule has 0 aliphatic heterocycles. The summed E-state index contributed by atoms with van der Waals surface area (Å²) in [5.74, 6) is 0.0795. The lowest BCUT2D eigenvalue weighted by Crippen LogP contribution is -1.98. The standard InChI is InChI=1S/C21H18O4/c1-24-20(13-21(22)23)18-9-5-6-16-11-10-15(12-19(16)18)14-25-17-7-3-2-4-8-17/h2-13H,14H2,1H3,(H,22,23)/b20-13-. The minimum absolute atomic E-state index is 0.319. The van der Waals surface area contributed by atoms with Gasteiger partial charge in [-0.15, -0.1) is 0 Å². The topological polar surface area (TPSA) is 55.8 Å². The van der Waals surface area contributed by atoms with Crippen LogP contribution in [0.5, 0.6) is 5.75 Å². The Morgan fingerprint density at radius 3 is 2.56 bits per heavy atom. The predicted molar refractivity (Wildman–Crippen MR) is 97.3 cm³/mol. The zero-order valence-corrected chi connectivity index (χ0v) is 13.8. The van der Waals surface area contributed by atoms with E-state index in [0.717, 1.165) is 33.7 Å². The quantitative estimate of drug-likeness (QED) is 0.533. The van der Waals surface area contributed by atoms with Crippen molar-refractivity contribution in [3.8, 4) is 5.75 Å². The molecule has 0 radical (unpaired) electrons. The average molecular weight is 334 g/mol. The lowest BCUT2D eigenvalue weighted by Gasteiger charge is -2.12.